The Morgan fingerprint density at radius 3 is 2.03 bits per heavy atom. The van der Waals surface area contributed by atoms with Crippen LogP contribution in [0.5, 0.6) is 28.7 Å². The van der Waals surface area contributed by atoms with Crippen LogP contribution >= 0.6 is 24.0 Å². The molecule has 0 atom stereocenters. The maximum Gasteiger partial charge on any atom is 0.196 e. The van der Waals surface area contributed by atoms with E-state index in [4.69, 9.17) is 23.7 Å². The third kappa shape index (κ3) is 7.27. The summed E-state index contributed by atoms with van der Waals surface area (Å²) in [6.45, 7) is 5.58. The number of hydrogen-bond donors (Lipinski definition) is 2. The largest absolute Gasteiger partial charge is 0.496 e. The lowest BCUT2D eigenvalue weighted by Crippen LogP contribution is -2.30. The predicted molar refractivity (Wildman–Crippen MR) is 134 cm³/mol. The maximum atomic E-state index is 5.65. The summed E-state index contributed by atoms with van der Waals surface area (Å²) in [4.78, 5) is 4.68. The van der Waals surface area contributed by atoms with E-state index in [0.29, 0.717) is 54.4 Å². The first kappa shape index (κ1) is 26.5. The SMILES string of the molecule is CCNC(=NCc1cc(OC)c(OC)cc1OC)Nc1ccc(OC)c(OCC)c1.I. The Bertz CT molecular complexity index is 861. The van der Waals surface area contributed by atoms with E-state index in [2.05, 4.69) is 15.6 Å². The first-order valence-corrected chi connectivity index (χ1v) is 9.75. The van der Waals surface area contributed by atoms with Crippen molar-refractivity contribution in [1.29, 1.82) is 0 Å². The molecule has 8 nitrogen and oxygen atoms in total. The van der Waals surface area contributed by atoms with Crippen LogP contribution in [0.4, 0.5) is 5.69 Å². The normalized spacial score (nSPS) is 10.6. The number of nitrogens with zero attached hydrogens (tertiary/aromatic N) is 1. The molecule has 0 fully saturated rings. The third-order valence-electron chi connectivity index (χ3n) is 4.26. The maximum absolute atomic E-state index is 5.65. The number of guanidine groups is 1. The summed E-state index contributed by atoms with van der Waals surface area (Å²) in [5, 5.41) is 6.54. The van der Waals surface area contributed by atoms with Gasteiger partial charge in [0, 0.05) is 29.9 Å². The van der Waals surface area contributed by atoms with Gasteiger partial charge in [-0.15, -0.1) is 24.0 Å². The number of hydrogen-bond acceptors (Lipinski definition) is 6. The second-order valence-corrected chi connectivity index (χ2v) is 6.14. The smallest absolute Gasteiger partial charge is 0.196 e. The Balaban J connectivity index is 0.00000480. The van der Waals surface area contributed by atoms with Gasteiger partial charge in [0.2, 0.25) is 0 Å². The number of methoxy groups -OCH3 is 4. The quantitative estimate of drug-likeness (QED) is 0.262. The fourth-order valence-electron chi connectivity index (χ4n) is 2.85. The molecule has 0 aromatic heterocycles. The molecule has 0 unspecified atom stereocenters. The van der Waals surface area contributed by atoms with Gasteiger partial charge in [0.1, 0.15) is 5.75 Å². The second kappa shape index (κ2) is 13.7. The van der Waals surface area contributed by atoms with Crippen molar-refractivity contribution in [2.75, 3.05) is 46.9 Å². The molecule has 2 aromatic rings. The van der Waals surface area contributed by atoms with Crippen LogP contribution in [0.2, 0.25) is 0 Å². The summed E-state index contributed by atoms with van der Waals surface area (Å²) < 4.78 is 27.2. The van der Waals surface area contributed by atoms with Crippen molar-refractivity contribution in [3.05, 3.63) is 35.9 Å². The summed E-state index contributed by atoms with van der Waals surface area (Å²) in [5.41, 5.74) is 1.70. The van der Waals surface area contributed by atoms with E-state index in [-0.39, 0.29) is 24.0 Å². The fourth-order valence-corrected chi connectivity index (χ4v) is 2.85. The van der Waals surface area contributed by atoms with Crippen LogP contribution in [-0.4, -0.2) is 47.6 Å². The molecule has 0 aliphatic carbocycles. The van der Waals surface area contributed by atoms with E-state index in [1.54, 1.807) is 34.5 Å². The van der Waals surface area contributed by atoms with Crippen molar-refractivity contribution in [1.82, 2.24) is 5.32 Å². The summed E-state index contributed by atoms with van der Waals surface area (Å²) in [7, 11) is 6.42. The molecule has 0 spiro atoms. The second-order valence-electron chi connectivity index (χ2n) is 6.14. The molecule has 31 heavy (non-hydrogen) atoms. The van der Waals surface area contributed by atoms with E-state index < -0.39 is 0 Å². The van der Waals surface area contributed by atoms with Crippen molar-refractivity contribution < 1.29 is 23.7 Å². The highest BCUT2D eigenvalue weighted by Crippen LogP contribution is 2.35. The zero-order valence-electron chi connectivity index (χ0n) is 18.9. The number of ether oxygens (including phenoxy) is 5. The van der Waals surface area contributed by atoms with Gasteiger partial charge in [0.15, 0.2) is 29.0 Å². The number of halogens is 1. The minimum absolute atomic E-state index is 0. The number of benzene rings is 2. The molecule has 0 aliphatic heterocycles. The van der Waals surface area contributed by atoms with E-state index in [9.17, 15) is 0 Å². The molecule has 9 heteroatoms. The van der Waals surface area contributed by atoms with Gasteiger partial charge in [-0.1, -0.05) is 0 Å². The molecule has 0 amide bonds. The van der Waals surface area contributed by atoms with Crippen LogP contribution < -0.4 is 34.3 Å². The van der Waals surface area contributed by atoms with Crippen LogP contribution in [0.25, 0.3) is 0 Å². The lowest BCUT2D eigenvalue weighted by molar-refractivity contribution is 0.311. The lowest BCUT2D eigenvalue weighted by Gasteiger charge is -2.16. The Morgan fingerprint density at radius 1 is 0.806 bits per heavy atom. The fraction of sp³-hybridized carbons (Fsp3) is 0.409. The van der Waals surface area contributed by atoms with Crippen LogP contribution in [0.1, 0.15) is 19.4 Å². The van der Waals surface area contributed by atoms with E-state index in [1.807, 2.05) is 38.1 Å². The standard InChI is InChI=1S/C22H31N3O5.HI/c1-7-23-22(25-16-9-10-17(26-3)21(12-16)30-8-2)24-14-15-11-19(28-5)20(29-6)13-18(15)27-4;/h9-13H,7-8,14H2,1-6H3,(H2,23,24,25);1H. The number of rotatable bonds is 10. The van der Waals surface area contributed by atoms with Gasteiger partial charge in [-0.25, -0.2) is 4.99 Å². The number of aliphatic imine (C=N–C) groups is 1. The van der Waals surface area contributed by atoms with Crippen LogP contribution in [-0.2, 0) is 6.54 Å². The minimum atomic E-state index is 0. The Hall–Kier alpha value is -2.56. The summed E-state index contributed by atoms with van der Waals surface area (Å²) >= 11 is 0. The van der Waals surface area contributed by atoms with Crippen molar-refractivity contribution >= 4 is 35.6 Å². The predicted octanol–water partition coefficient (Wildman–Crippen LogP) is 4.32. The molecule has 2 rings (SSSR count). The van der Waals surface area contributed by atoms with Crippen LogP contribution in [0.3, 0.4) is 0 Å². The Morgan fingerprint density at radius 2 is 1.45 bits per heavy atom. The summed E-state index contributed by atoms with van der Waals surface area (Å²) in [6, 6.07) is 9.30. The van der Waals surface area contributed by atoms with Gasteiger partial charge < -0.3 is 34.3 Å². The van der Waals surface area contributed by atoms with Crippen molar-refractivity contribution in [2.45, 2.75) is 20.4 Å². The zero-order chi connectivity index (χ0) is 21.9. The molecule has 0 radical (unpaired) electrons. The summed E-state index contributed by atoms with van der Waals surface area (Å²) in [5.74, 6) is 3.88. The average Bonchev–Trinajstić information content (AvgIpc) is 2.77. The minimum Gasteiger partial charge on any atom is -0.496 e. The first-order chi connectivity index (χ1) is 14.6. The molecule has 0 bridgehead atoms. The van der Waals surface area contributed by atoms with Gasteiger partial charge in [-0.05, 0) is 32.0 Å². The first-order valence-electron chi connectivity index (χ1n) is 9.75. The van der Waals surface area contributed by atoms with Gasteiger partial charge in [-0.3, -0.25) is 0 Å². The van der Waals surface area contributed by atoms with Crippen LogP contribution in [0.15, 0.2) is 35.3 Å². The topological polar surface area (TPSA) is 82.6 Å². The highest BCUT2D eigenvalue weighted by molar-refractivity contribution is 14.0. The lowest BCUT2D eigenvalue weighted by atomic mass is 10.1. The molecule has 2 aromatic carbocycles. The molecule has 172 valence electrons. The monoisotopic (exact) mass is 545 g/mol. The van der Waals surface area contributed by atoms with Crippen molar-refractivity contribution in [3.63, 3.8) is 0 Å². The highest BCUT2D eigenvalue weighted by Gasteiger charge is 2.12. The molecule has 0 aliphatic rings. The summed E-state index contributed by atoms with van der Waals surface area (Å²) in [6.07, 6.45) is 0. The van der Waals surface area contributed by atoms with Gasteiger partial charge in [0.25, 0.3) is 0 Å². The van der Waals surface area contributed by atoms with E-state index in [0.717, 1.165) is 11.3 Å². The van der Waals surface area contributed by atoms with Gasteiger partial charge in [0.05, 0.1) is 41.6 Å². The van der Waals surface area contributed by atoms with Crippen molar-refractivity contribution in [2.24, 2.45) is 4.99 Å². The van der Waals surface area contributed by atoms with Gasteiger partial charge >= 0.3 is 0 Å². The Kier molecular flexibility index (Phi) is 11.7. The molecule has 0 saturated heterocycles. The third-order valence-corrected chi connectivity index (χ3v) is 4.26. The molecular weight excluding hydrogens is 513 g/mol. The Labute approximate surface area is 201 Å². The molecule has 0 saturated carbocycles. The zero-order valence-corrected chi connectivity index (χ0v) is 21.2. The van der Waals surface area contributed by atoms with Crippen molar-refractivity contribution in [3.8, 4) is 28.7 Å². The molecule has 2 N–H and O–H groups in total. The van der Waals surface area contributed by atoms with E-state index in [1.165, 1.54) is 0 Å². The van der Waals surface area contributed by atoms with Crippen LogP contribution in [0, 0.1) is 0 Å². The van der Waals surface area contributed by atoms with E-state index >= 15 is 0 Å². The molecule has 0 heterocycles. The average molecular weight is 545 g/mol. The number of nitrogens with one attached hydrogen (secondary N) is 2. The highest BCUT2D eigenvalue weighted by atomic mass is 127. The molecular formula is C22H32IN3O5. The number of anilines is 1. The van der Waals surface area contributed by atoms with Gasteiger partial charge in [-0.2, -0.15) is 0 Å².